The normalized spacial score (nSPS) is 16.2. The van der Waals surface area contributed by atoms with Gasteiger partial charge in [0.05, 0.1) is 4.90 Å². The van der Waals surface area contributed by atoms with E-state index < -0.39 is 15.8 Å². The topological polar surface area (TPSA) is 74.7 Å². The van der Waals surface area contributed by atoms with Crippen molar-refractivity contribution < 1.29 is 18.3 Å². The number of hydrogen-bond acceptors (Lipinski definition) is 4. The largest absolute Gasteiger partial charge is 0.480 e. The molecule has 1 aliphatic rings. The maximum Gasteiger partial charge on any atom is 0.323 e. The van der Waals surface area contributed by atoms with Crippen LogP contribution in [-0.4, -0.2) is 38.3 Å². The van der Waals surface area contributed by atoms with Gasteiger partial charge in [0, 0.05) is 18.0 Å². The molecule has 0 radical (unpaired) electrons. The summed E-state index contributed by atoms with van der Waals surface area (Å²) in [5, 5.41) is 9.05. The fraction of sp³-hybridized carbons (Fsp3) is 0.500. The first-order valence-electron chi connectivity index (χ1n) is 6.66. The lowest BCUT2D eigenvalue weighted by Gasteiger charge is -2.29. The van der Waals surface area contributed by atoms with Crippen molar-refractivity contribution in [3.05, 3.63) is 24.3 Å². The summed E-state index contributed by atoms with van der Waals surface area (Å²) in [5.41, 5.74) is 0.770. The molecule has 0 saturated heterocycles. The predicted octanol–water partition coefficient (Wildman–Crippen LogP) is 1.92. The molecule has 0 aromatic heterocycles. The third-order valence-corrected chi connectivity index (χ3v) is 4.80. The average Bonchev–Trinajstić information content (AvgIpc) is 2.88. The molecule has 5 nitrogen and oxygen atoms in total. The summed E-state index contributed by atoms with van der Waals surface area (Å²) in [7, 11) is -3.22. The van der Waals surface area contributed by atoms with Crippen molar-refractivity contribution in [2.75, 3.05) is 17.7 Å². The van der Waals surface area contributed by atoms with Crippen LogP contribution in [0.2, 0.25) is 0 Å². The molecule has 2 rings (SSSR count). The summed E-state index contributed by atoms with van der Waals surface area (Å²) < 4.78 is 22.9. The molecule has 1 aromatic rings. The molecule has 110 valence electrons. The third kappa shape index (κ3) is 3.50. The monoisotopic (exact) mass is 297 g/mol. The highest BCUT2D eigenvalue weighted by Gasteiger charge is 2.24. The highest BCUT2D eigenvalue weighted by Crippen LogP contribution is 2.28. The lowest BCUT2D eigenvalue weighted by molar-refractivity contribution is -0.135. The first kappa shape index (κ1) is 14.8. The van der Waals surface area contributed by atoms with Crippen LogP contribution in [0.4, 0.5) is 5.69 Å². The highest BCUT2D eigenvalue weighted by atomic mass is 32.2. The van der Waals surface area contributed by atoms with Gasteiger partial charge < -0.3 is 10.0 Å². The van der Waals surface area contributed by atoms with Crippen LogP contribution in [-0.2, 0) is 14.6 Å². The quantitative estimate of drug-likeness (QED) is 0.898. The van der Waals surface area contributed by atoms with Crippen LogP contribution in [0.15, 0.2) is 29.2 Å². The van der Waals surface area contributed by atoms with Crippen molar-refractivity contribution >= 4 is 21.5 Å². The van der Waals surface area contributed by atoms with Crippen LogP contribution < -0.4 is 4.90 Å². The maximum atomic E-state index is 11.4. The molecule has 0 unspecified atom stereocenters. The van der Waals surface area contributed by atoms with Crippen LogP contribution in [0.25, 0.3) is 0 Å². The van der Waals surface area contributed by atoms with E-state index in [-0.39, 0.29) is 17.5 Å². The van der Waals surface area contributed by atoms with Gasteiger partial charge >= 0.3 is 5.97 Å². The van der Waals surface area contributed by atoms with Crippen LogP contribution >= 0.6 is 0 Å². The van der Waals surface area contributed by atoms with Crippen molar-refractivity contribution in [3.63, 3.8) is 0 Å². The zero-order valence-electron chi connectivity index (χ0n) is 11.4. The second-order valence-corrected chi connectivity index (χ2v) is 7.24. The van der Waals surface area contributed by atoms with E-state index in [1.807, 2.05) is 4.90 Å². The summed E-state index contributed by atoms with van der Waals surface area (Å²) >= 11 is 0. The van der Waals surface area contributed by atoms with E-state index in [9.17, 15) is 13.2 Å². The van der Waals surface area contributed by atoms with E-state index in [0.717, 1.165) is 37.6 Å². The molecule has 1 N–H and O–H groups in total. The van der Waals surface area contributed by atoms with Gasteiger partial charge in [-0.05, 0) is 37.1 Å². The van der Waals surface area contributed by atoms with E-state index in [1.54, 1.807) is 12.1 Å². The molecule has 1 saturated carbocycles. The lowest BCUT2D eigenvalue weighted by Crippen LogP contribution is -2.37. The van der Waals surface area contributed by atoms with Gasteiger partial charge in [-0.3, -0.25) is 4.79 Å². The molecular formula is C14H19NO4S. The minimum absolute atomic E-state index is 0.0527. The third-order valence-electron chi connectivity index (χ3n) is 3.67. The van der Waals surface area contributed by atoms with E-state index >= 15 is 0 Å². The van der Waals surface area contributed by atoms with Gasteiger partial charge in [0.25, 0.3) is 0 Å². The van der Waals surface area contributed by atoms with E-state index in [2.05, 4.69) is 0 Å². The molecule has 1 aliphatic carbocycles. The van der Waals surface area contributed by atoms with Crippen molar-refractivity contribution in [3.8, 4) is 0 Å². The Morgan fingerprint density at radius 1 is 1.25 bits per heavy atom. The summed E-state index contributed by atoms with van der Waals surface area (Å²) in [6, 6.07) is 6.69. The summed E-state index contributed by atoms with van der Waals surface area (Å²) in [5.74, 6) is -0.871. The van der Waals surface area contributed by atoms with Crippen molar-refractivity contribution in [2.45, 2.75) is 36.6 Å². The Morgan fingerprint density at radius 3 is 2.25 bits per heavy atom. The Hall–Kier alpha value is -1.56. The number of benzene rings is 1. The Bertz CT molecular complexity index is 574. The number of hydrogen-bond donors (Lipinski definition) is 1. The fourth-order valence-electron chi connectivity index (χ4n) is 2.68. The molecule has 0 amide bonds. The molecule has 1 fully saturated rings. The minimum Gasteiger partial charge on any atom is -0.480 e. The van der Waals surface area contributed by atoms with Crippen molar-refractivity contribution in [1.82, 2.24) is 0 Å². The minimum atomic E-state index is -3.22. The second-order valence-electron chi connectivity index (χ2n) is 5.23. The predicted molar refractivity (Wildman–Crippen MR) is 76.8 cm³/mol. The van der Waals surface area contributed by atoms with Gasteiger partial charge in [-0.1, -0.05) is 12.8 Å². The van der Waals surface area contributed by atoms with Crippen LogP contribution in [0, 0.1) is 0 Å². The number of aliphatic carboxylic acids is 1. The summed E-state index contributed by atoms with van der Waals surface area (Å²) in [6.45, 7) is -0.0527. The summed E-state index contributed by atoms with van der Waals surface area (Å²) in [4.78, 5) is 13.1. The Morgan fingerprint density at radius 2 is 1.80 bits per heavy atom. The van der Waals surface area contributed by atoms with Crippen LogP contribution in [0.3, 0.4) is 0 Å². The first-order chi connectivity index (χ1) is 9.38. The molecule has 1 aromatic carbocycles. The molecule has 0 spiro atoms. The number of carboxylic acids is 1. The molecular weight excluding hydrogens is 278 g/mol. The first-order valence-corrected chi connectivity index (χ1v) is 8.55. The number of carboxylic acid groups (broad SMARTS) is 1. The van der Waals surface area contributed by atoms with E-state index in [1.165, 1.54) is 12.1 Å². The standard InChI is InChI=1S/C14H19NO4S/c1-20(18,19)13-8-6-12(7-9-13)15(10-14(16)17)11-4-2-3-5-11/h6-9,11H,2-5,10H2,1H3,(H,16,17). The molecule has 20 heavy (non-hydrogen) atoms. The number of nitrogens with zero attached hydrogens (tertiary/aromatic N) is 1. The fourth-order valence-corrected chi connectivity index (χ4v) is 3.31. The zero-order valence-corrected chi connectivity index (χ0v) is 12.3. The summed E-state index contributed by atoms with van der Waals surface area (Å²) in [6.07, 6.45) is 5.36. The molecule has 0 bridgehead atoms. The highest BCUT2D eigenvalue weighted by molar-refractivity contribution is 7.90. The van der Waals surface area contributed by atoms with E-state index in [4.69, 9.17) is 5.11 Å². The number of sulfone groups is 1. The zero-order chi connectivity index (χ0) is 14.8. The van der Waals surface area contributed by atoms with Crippen molar-refractivity contribution in [2.24, 2.45) is 0 Å². The van der Waals surface area contributed by atoms with Gasteiger partial charge in [0.1, 0.15) is 6.54 Å². The smallest absolute Gasteiger partial charge is 0.323 e. The Labute approximate surface area is 119 Å². The van der Waals surface area contributed by atoms with Crippen molar-refractivity contribution in [1.29, 1.82) is 0 Å². The molecule has 6 heteroatoms. The Balaban J connectivity index is 2.26. The molecule has 0 atom stereocenters. The van der Waals surface area contributed by atoms with Gasteiger partial charge in [-0.25, -0.2) is 8.42 Å². The van der Waals surface area contributed by atoms with Gasteiger partial charge in [0.2, 0.25) is 0 Å². The van der Waals surface area contributed by atoms with Gasteiger partial charge in [-0.15, -0.1) is 0 Å². The molecule has 0 heterocycles. The second kappa shape index (κ2) is 5.83. The number of rotatable bonds is 5. The van der Waals surface area contributed by atoms with Crippen LogP contribution in [0.1, 0.15) is 25.7 Å². The maximum absolute atomic E-state index is 11.4. The SMILES string of the molecule is CS(=O)(=O)c1ccc(N(CC(=O)O)C2CCCC2)cc1. The Kier molecular flexibility index (Phi) is 4.32. The van der Waals surface area contributed by atoms with E-state index in [0.29, 0.717) is 0 Å². The van der Waals surface area contributed by atoms with Crippen LogP contribution in [0.5, 0.6) is 0 Å². The lowest BCUT2D eigenvalue weighted by atomic mass is 10.1. The molecule has 0 aliphatic heterocycles. The average molecular weight is 297 g/mol. The van der Waals surface area contributed by atoms with Gasteiger partial charge in [0.15, 0.2) is 9.84 Å². The number of carbonyl (C=O) groups is 1. The number of anilines is 1. The van der Waals surface area contributed by atoms with Gasteiger partial charge in [-0.2, -0.15) is 0 Å².